The summed E-state index contributed by atoms with van der Waals surface area (Å²) in [5, 5.41) is 6.67. The molecule has 2 aliphatic rings. The Morgan fingerprint density at radius 3 is 2.35 bits per heavy atom. The van der Waals surface area contributed by atoms with E-state index in [9.17, 15) is 4.79 Å². The van der Waals surface area contributed by atoms with E-state index in [4.69, 9.17) is 4.74 Å². The maximum absolute atomic E-state index is 11.6. The zero-order valence-electron chi connectivity index (χ0n) is 10.1. The molecule has 2 rings (SSSR count). The second kappa shape index (κ2) is 8.14. The lowest BCUT2D eigenvalue weighted by Gasteiger charge is -2.30. The number of ether oxygens (including phenoxy) is 1. The molecule has 102 valence electrons. The Hall–Kier alpha value is -0.0300. The predicted molar refractivity (Wildman–Crippen MR) is 72.0 cm³/mol. The van der Waals surface area contributed by atoms with Crippen LogP contribution in [0.5, 0.6) is 0 Å². The minimum absolute atomic E-state index is 0. The number of hydrogen-bond acceptors (Lipinski definition) is 4. The lowest BCUT2D eigenvalue weighted by molar-refractivity contribution is -0.146. The van der Waals surface area contributed by atoms with E-state index in [-0.39, 0.29) is 36.7 Å². The summed E-state index contributed by atoms with van der Waals surface area (Å²) in [7, 11) is 1.49. The van der Waals surface area contributed by atoms with Crippen LogP contribution in [0.15, 0.2) is 0 Å². The van der Waals surface area contributed by atoms with Gasteiger partial charge in [0.25, 0.3) is 0 Å². The van der Waals surface area contributed by atoms with Gasteiger partial charge in [0.1, 0.15) is 0 Å². The molecule has 6 heteroatoms. The SMILES string of the molecule is COC(=O)C1CNCC1C1CCNCC1.Cl.Cl. The average molecular weight is 285 g/mol. The van der Waals surface area contributed by atoms with Gasteiger partial charge in [-0.2, -0.15) is 0 Å². The molecule has 0 radical (unpaired) electrons. The third-order valence-electron chi connectivity index (χ3n) is 3.75. The molecule has 0 amide bonds. The van der Waals surface area contributed by atoms with Gasteiger partial charge in [0.2, 0.25) is 0 Å². The van der Waals surface area contributed by atoms with Crippen LogP contribution in [0.25, 0.3) is 0 Å². The van der Waals surface area contributed by atoms with Gasteiger partial charge in [0, 0.05) is 6.54 Å². The Bertz CT molecular complexity index is 236. The normalized spacial score (nSPS) is 29.0. The highest BCUT2D eigenvalue weighted by Crippen LogP contribution is 2.31. The van der Waals surface area contributed by atoms with E-state index in [0.29, 0.717) is 11.8 Å². The molecular weight excluding hydrogens is 263 g/mol. The first kappa shape index (κ1) is 17.0. The van der Waals surface area contributed by atoms with E-state index in [1.807, 2.05) is 0 Å². The van der Waals surface area contributed by atoms with E-state index in [0.717, 1.165) is 26.2 Å². The minimum atomic E-state index is -0.0384. The number of nitrogens with one attached hydrogen (secondary N) is 2. The van der Waals surface area contributed by atoms with Crippen molar-refractivity contribution in [2.45, 2.75) is 12.8 Å². The van der Waals surface area contributed by atoms with Crippen molar-refractivity contribution >= 4 is 30.8 Å². The highest BCUT2D eigenvalue weighted by atomic mass is 35.5. The predicted octanol–water partition coefficient (Wildman–Crippen LogP) is 0.838. The summed E-state index contributed by atoms with van der Waals surface area (Å²) < 4.78 is 4.86. The van der Waals surface area contributed by atoms with Crippen LogP contribution in [-0.4, -0.2) is 39.3 Å². The first-order chi connectivity index (χ1) is 7.33. The Kier molecular flexibility index (Phi) is 8.12. The number of carbonyl (C=O) groups is 1. The molecule has 0 aromatic carbocycles. The molecule has 2 fully saturated rings. The Morgan fingerprint density at radius 1 is 1.12 bits per heavy atom. The van der Waals surface area contributed by atoms with Crippen LogP contribution in [0.3, 0.4) is 0 Å². The summed E-state index contributed by atoms with van der Waals surface area (Å²) in [5.41, 5.74) is 0. The molecule has 2 aliphatic heterocycles. The summed E-state index contributed by atoms with van der Waals surface area (Å²) in [6.07, 6.45) is 2.39. The number of rotatable bonds is 2. The van der Waals surface area contributed by atoms with E-state index in [1.54, 1.807) is 0 Å². The fourth-order valence-corrected chi connectivity index (χ4v) is 2.88. The molecule has 2 heterocycles. The second-order valence-corrected chi connectivity index (χ2v) is 4.54. The third kappa shape index (κ3) is 3.98. The molecule has 2 unspecified atom stereocenters. The van der Waals surface area contributed by atoms with Crippen molar-refractivity contribution in [2.75, 3.05) is 33.3 Å². The smallest absolute Gasteiger partial charge is 0.310 e. The van der Waals surface area contributed by atoms with E-state index in [2.05, 4.69) is 10.6 Å². The first-order valence-electron chi connectivity index (χ1n) is 5.82. The highest BCUT2D eigenvalue weighted by Gasteiger charge is 2.38. The van der Waals surface area contributed by atoms with Crippen LogP contribution in [-0.2, 0) is 9.53 Å². The monoisotopic (exact) mass is 284 g/mol. The topological polar surface area (TPSA) is 50.4 Å². The second-order valence-electron chi connectivity index (χ2n) is 4.54. The standard InChI is InChI=1S/C11H20N2O2.2ClH/c1-15-11(14)10-7-13-6-9(10)8-2-4-12-5-3-8;;/h8-10,12-13H,2-7H2,1H3;2*1H. The molecule has 2 atom stereocenters. The van der Waals surface area contributed by atoms with Gasteiger partial charge in [-0.25, -0.2) is 0 Å². The van der Waals surface area contributed by atoms with Crippen LogP contribution in [0.4, 0.5) is 0 Å². The Morgan fingerprint density at radius 2 is 1.76 bits per heavy atom. The number of methoxy groups -OCH3 is 1. The van der Waals surface area contributed by atoms with Crippen LogP contribution in [0.2, 0.25) is 0 Å². The van der Waals surface area contributed by atoms with Crippen LogP contribution < -0.4 is 10.6 Å². The van der Waals surface area contributed by atoms with E-state index < -0.39 is 0 Å². The van der Waals surface area contributed by atoms with Crippen molar-refractivity contribution in [2.24, 2.45) is 17.8 Å². The van der Waals surface area contributed by atoms with Gasteiger partial charge >= 0.3 is 5.97 Å². The van der Waals surface area contributed by atoms with Crippen molar-refractivity contribution in [3.63, 3.8) is 0 Å². The molecule has 2 N–H and O–H groups in total. The van der Waals surface area contributed by atoms with Crippen molar-refractivity contribution in [1.82, 2.24) is 10.6 Å². The van der Waals surface area contributed by atoms with E-state index >= 15 is 0 Å². The molecule has 0 bridgehead atoms. The zero-order chi connectivity index (χ0) is 10.7. The zero-order valence-corrected chi connectivity index (χ0v) is 11.7. The Labute approximate surface area is 115 Å². The Balaban J connectivity index is 0.00000128. The van der Waals surface area contributed by atoms with Gasteiger partial charge in [-0.05, 0) is 44.3 Å². The van der Waals surface area contributed by atoms with Crippen LogP contribution >= 0.6 is 24.8 Å². The fraction of sp³-hybridized carbons (Fsp3) is 0.909. The van der Waals surface area contributed by atoms with Crippen molar-refractivity contribution in [3.8, 4) is 0 Å². The molecule has 0 spiro atoms. The van der Waals surface area contributed by atoms with Crippen molar-refractivity contribution in [1.29, 1.82) is 0 Å². The van der Waals surface area contributed by atoms with Gasteiger partial charge < -0.3 is 15.4 Å². The number of hydrogen-bond donors (Lipinski definition) is 2. The summed E-state index contributed by atoms with van der Waals surface area (Å²) >= 11 is 0. The van der Waals surface area contributed by atoms with Gasteiger partial charge in [-0.3, -0.25) is 4.79 Å². The lowest BCUT2D eigenvalue weighted by Crippen LogP contribution is -2.36. The van der Waals surface area contributed by atoms with Crippen molar-refractivity contribution < 1.29 is 9.53 Å². The summed E-state index contributed by atoms with van der Waals surface area (Å²) in [6, 6.07) is 0. The maximum atomic E-state index is 11.6. The molecule has 0 aromatic heterocycles. The van der Waals surface area contributed by atoms with Crippen LogP contribution in [0.1, 0.15) is 12.8 Å². The molecule has 17 heavy (non-hydrogen) atoms. The first-order valence-corrected chi connectivity index (χ1v) is 5.82. The third-order valence-corrected chi connectivity index (χ3v) is 3.75. The fourth-order valence-electron chi connectivity index (χ4n) is 2.88. The lowest BCUT2D eigenvalue weighted by atomic mass is 9.79. The number of piperidine rings is 1. The molecule has 0 aliphatic carbocycles. The van der Waals surface area contributed by atoms with Gasteiger partial charge in [0.15, 0.2) is 0 Å². The minimum Gasteiger partial charge on any atom is -0.469 e. The van der Waals surface area contributed by atoms with Gasteiger partial charge in [0.05, 0.1) is 13.0 Å². The maximum Gasteiger partial charge on any atom is 0.310 e. The largest absolute Gasteiger partial charge is 0.469 e. The quantitative estimate of drug-likeness (QED) is 0.738. The molecular formula is C11H22Cl2N2O2. The summed E-state index contributed by atoms with van der Waals surface area (Å²) in [5.74, 6) is 1.21. The number of halogens is 2. The highest BCUT2D eigenvalue weighted by molar-refractivity contribution is 5.85. The number of esters is 1. The number of carbonyl (C=O) groups excluding carboxylic acids is 1. The van der Waals surface area contributed by atoms with Gasteiger partial charge in [-0.15, -0.1) is 24.8 Å². The molecule has 2 saturated heterocycles. The molecule has 0 aromatic rings. The van der Waals surface area contributed by atoms with Crippen molar-refractivity contribution in [3.05, 3.63) is 0 Å². The summed E-state index contributed by atoms with van der Waals surface area (Å²) in [6.45, 7) is 3.95. The average Bonchev–Trinajstić information content (AvgIpc) is 2.78. The van der Waals surface area contributed by atoms with Crippen LogP contribution in [0, 0.1) is 17.8 Å². The molecule has 4 nitrogen and oxygen atoms in total. The molecule has 0 saturated carbocycles. The van der Waals surface area contributed by atoms with Gasteiger partial charge in [-0.1, -0.05) is 0 Å². The summed E-state index contributed by atoms with van der Waals surface area (Å²) in [4.78, 5) is 11.6. The van der Waals surface area contributed by atoms with E-state index in [1.165, 1.54) is 20.0 Å².